The van der Waals surface area contributed by atoms with Crippen LogP contribution < -0.4 is 0 Å². The van der Waals surface area contributed by atoms with Gasteiger partial charge in [0.25, 0.3) is 0 Å². The van der Waals surface area contributed by atoms with E-state index in [0.717, 1.165) is 6.42 Å². The topological polar surface area (TPSA) is 24.7 Å². The third-order valence-corrected chi connectivity index (χ3v) is 5.14. The lowest BCUT2D eigenvalue weighted by molar-refractivity contribution is 0.396. The first-order chi connectivity index (χ1) is 9.62. The second kappa shape index (κ2) is 3.57. The molecule has 0 saturated heterocycles. The molecule has 0 spiro atoms. The maximum atomic E-state index is 4.74. The van der Waals surface area contributed by atoms with Crippen LogP contribution in [0, 0.1) is 0 Å². The average molecular weight is 262 g/mol. The molecule has 0 aromatic heterocycles. The highest BCUT2D eigenvalue weighted by Gasteiger charge is 2.79. The second-order valence-corrected chi connectivity index (χ2v) is 6.43. The van der Waals surface area contributed by atoms with Gasteiger partial charge in [0.05, 0.1) is 11.0 Å². The Kier molecular flexibility index (Phi) is 2.11. The minimum absolute atomic E-state index is 0.0165. The summed E-state index contributed by atoms with van der Waals surface area (Å²) in [6.45, 7) is 4.42. The van der Waals surface area contributed by atoms with E-state index in [4.69, 9.17) is 5.11 Å². The van der Waals surface area contributed by atoms with E-state index in [0.29, 0.717) is 0 Å². The molecule has 1 saturated carbocycles. The molecule has 2 heteroatoms. The molecule has 2 unspecified atom stereocenters. The summed E-state index contributed by atoms with van der Waals surface area (Å²) in [5.74, 6) is 0. The Balaban J connectivity index is 1.91. The Bertz CT molecular complexity index is 675. The second-order valence-electron chi connectivity index (χ2n) is 6.43. The van der Waals surface area contributed by atoms with Gasteiger partial charge in [-0.15, -0.1) is 0 Å². The minimum atomic E-state index is -0.154. The van der Waals surface area contributed by atoms with Crippen LogP contribution in [0.3, 0.4) is 0 Å². The molecule has 1 heterocycles. The zero-order chi connectivity index (χ0) is 13.8. The molecule has 0 bridgehead atoms. The van der Waals surface area contributed by atoms with Crippen molar-refractivity contribution in [2.24, 2.45) is 10.2 Å². The lowest BCUT2D eigenvalue weighted by atomic mass is 9.75. The Morgan fingerprint density at radius 3 is 1.90 bits per heavy atom. The molecule has 2 nitrogen and oxygen atoms in total. The number of benzene rings is 2. The number of azo groups is 1. The summed E-state index contributed by atoms with van der Waals surface area (Å²) in [7, 11) is 0. The third kappa shape index (κ3) is 1.20. The molecule has 0 radical (unpaired) electrons. The van der Waals surface area contributed by atoms with Gasteiger partial charge in [-0.3, -0.25) is 0 Å². The highest BCUT2D eigenvalue weighted by Crippen LogP contribution is 2.75. The van der Waals surface area contributed by atoms with Crippen LogP contribution in [0.4, 0.5) is 0 Å². The number of rotatable bonds is 2. The lowest BCUT2D eigenvalue weighted by Crippen LogP contribution is -2.36. The molecule has 4 rings (SSSR count). The molecule has 2 atom stereocenters. The molecule has 2 aliphatic rings. The van der Waals surface area contributed by atoms with Gasteiger partial charge in [-0.05, 0) is 31.4 Å². The van der Waals surface area contributed by atoms with E-state index in [9.17, 15) is 0 Å². The monoisotopic (exact) mass is 262 g/mol. The molecular weight excluding hydrogens is 244 g/mol. The van der Waals surface area contributed by atoms with Crippen molar-refractivity contribution in [3.8, 4) is 0 Å². The van der Waals surface area contributed by atoms with Gasteiger partial charge in [0.1, 0.15) is 5.54 Å². The van der Waals surface area contributed by atoms with Crippen molar-refractivity contribution >= 4 is 0 Å². The van der Waals surface area contributed by atoms with Gasteiger partial charge in [-0.2, -0.15) is 10.2 Å². The summed E-state index contributed by atoms with van der Waals surface area (Å²) in [4.78, 5) is 0. The highest BCUT2D eigenvalue weighted by atomic mass is 15.3. The standard InChI is InChI=1S/C18H18N2/c1-16(2)17(14-9-5-3-6-10-14)13-18(17,20-19-16)15-11-7-4-8-12-15/h3-12H,13H2,1-2H3. The van der Waals surface area contributed by atoms with Gasteiger partial charge in [-0.25, -0.2) is 0 Å². The molecule has 0 N–H and O–H groups in total. The van der Waals surface area contributed by atoms with Gasteiger partial charge in [0, 0.05) is 0 Å². The fourth-order valence-corrected chi connectivity index (χ4v) is 4.02. The van der Waals surface area contributed by atoms with Crippen LogP contribution >= 0.6 is 0 Å². The first-order valence-corrected chi connectivity index (χ1v) is 7.18. The molecule has 1 aliphatic heterocycles. The SMILES string of the molecule is CC1(C)N=NC2(c3ccccc3)CC12c1ccccc1. The van der Waals surface area contributed by atoms with Crippen LogP contribution in [0.15, 0.2) is 70.9 Å². The number of nitrogens with zero attached hydrogens (tertiary/aromatic N) is 2. The van der Waals surface area contributed by atoms with E-state index < -0.39 is 0 Å². The van der Waals surface area contributed by atoms with Crippen molar-refractivity contribution in [2.75, 3.05) is 0 Å². The van der Waals surface area contributed by atoms with E-state index in [1.807, 2.05) is 0 Å². The Labute approximate surface area is 119 Å². The van der Waals surface area contributed by atoms with Crippen molar-refractivity contribution in [3.05, 3.63) is 71.8 Å². The Morgan fingerprint density at radius 1 is 0.750 bits per heavy atom. The molecule has 1 aliphatic carbocycles. The average Bonchev–Trinajstić information content (AvgIpc) is 3.14. The zero-order valence-electron chi connectivity index (χ0n) is 11.9. The van der Waals surface area contributed by atoms with Crippen molar-refractivity contribution < 1.29 is 0 Å². The molecule has 20 heavy (non-hydrogen) atoms. The van der Waals surface area contributed by atoms with E-state index >= 15 is 0 Å². The molecule has 100 valence electrons. The summed E-state index contributed by atoms with van der Waals surface area (Å²) in [5, 5.41) is 9.36. The lowest BCUT2D eigenvalue weighted by Gasteiger charge is -2.28. The first kappa shape index (κ1) is 11.8. The molecular formula is C18H18N2. The van der Waals surface area contributed by atoms with E-state index in [1.165, 1.54) is 11.1 Å². The summed E-state index contributed by atoms with van der Waals surface area (Å²) in [5.41, 5.74) is 2.36. The van der Waals surface area contributed by atoms with Crippen LogP contribution in [0.1, 0.15) is 31.4 Å². The Hall–Kier alpha value is -1.96. The maximum Gasteiger partial charge on any atom is 0.120 e. The maximum absolute atomic E-state index is 4.74. The summed E-state index contributed by atoms with van der Waals surface area (Å²) < 4.78 is 0. The van der Waals surface area contributed by atoms with Gasteiger partial charge in [0.15, 0.2) is 0 Å². The Morgan fingerprint density at radius 2 is 1.30 bits per heavy atom. The van der Waals surface area contributed by atoms with Crippen LogP contribution in [-0.2, 0) is 11.0 Å². The van der Waals surface area contributed by atoms with Gasteiger partial charge in [-0.1, -0.05) is 60.7 Å². The summed E-state index contributed by atoms with van der Waals surface area (Å²) in [6.07, 6.45) is 1.06. The van der Waals surface area contributed by atoms with Crippen LogP contribution in [0.5, 0.6) is 0 Å². The molecule has 1 fully saturated rings. The normalized spacial score (nSPS) is 32.9. The predicted octanol–water partition coefficient (Wildman–Crippen LogP) is 4.47. The molecule has 0 amide bonds. The quantitative estimate of drug-likeness (QED) is 0.763. The fraction of sp³-hybridized carbons (Fsp3) is 0.333. The number of fused-ring (bicyclic) bond motifs is 1. The van der Waals surface area contributed by atoms with E-state index in [2.05, 4.69) is 79.6 Å². The fourth-order valence-electron chi connectivity index (χ4n) is 4.02. The van der Waals surface area contributed by atoms with Crippen LogP contribution in [-0.4, -0.2) is 5.54 Å². The summed E-state index contributed by atoms with van der Waals surface area (Å²) in [6, 6.07) is 21.4. The van der Waals surface area contributed by atoms with Crippen LogP contribution in [0.2, 0.25) is 0 Å². The number of hydrogen-bond acceptors (Lipinski definition) is 2. The summed E-state index contributed by atoms with van der Waals surface area (Å²) >= 11 is 0. The highest BCUT2D eigenvalue weighted by molar-refractivity contribution is 5.54. The molecule has 2 aromatic carbocycles. The number of hydrogen-bond donors (Lipinski definition) is 0. The molecule has 2 aromatic rings. The van der Waals surface area contributed by atoms with Crippen molar-refractivity contribution in [1.29, 1.82) is 0 Å². The zero-order valence-corrected chi connectivity index (χ0v) is 11.9. The van der Waals surface area contributed by atoms with Crippen molar-refractivity contribution in [1.82, 2.24) is 0 Å². The van der Waals surface area contributed by atoms with E-state index in [1.54, 1.807) is 0 Å². The largest absolute Gasteiger partial charge is 0.186 e. The predicted molar refractivity (Wildman–Crippen MR) is 79.8 cm³/mol. The first-order valence-electron chi connectivity index (χ1n) is 7.18. The van der Waals surface area contributed by atoms with Crippen LogP contribution in [0.25, 0.3) is 0 Å². The third-order valence-electron chi connectivity index (χ3n) is 5.14. The van der Waals surface area contributed by atoms with Gasteiger partial charge >= 0.3 is 0 Å². The minimum Gasteiger partial charge on any atom is -0.186 e. The smallest absolute Gasteiger partial charge is 0.120 e. The van der Waals surface area contributed by atoms with Crippen molar-refractivity contribution in [3.63, 3.8) is 0 Å². The van der Waals surface area contributed by atoms with Gasteiger partial charge in [0.2, 0.25) is 0 Å². The van der Waals surface area contributed by atoms with Crippen molar-refractivity contribution in [2.45, 2.75) is 36.8 Å². The van der Waals surface area contributed by atoms with Gasteiger partial charge < -0.3 is 0 Å². The van der Waals surface area contributed by atoms with E-state index in [-0.39, 0.29) is 16.5 Å².